The normalized spacial score (nSPS) is 11.9. The molecule has 0 saturated heterocycles. The number of hydrogen-bond acceptors (Lipinski definition) is 3. The number of aromatic nitrogens is 3. The lowest BCUT2D eigenvalue weighted by Crippen LogP contribution is -2.01. The van der Waals surface area contributed by atoms with Crippen molar-refractivity contribution in [1.82, 2.24) is 14.5 Å². The molecule has 1 atom stereocenters. The van der Waals surface area contributed by atoms with Gasteiger partial charge in [-0.1, -0.05) is 122 Å². The van der Waals surface area contributed by atoms with Gasteiger partial charge in [0.25, 0.3) is 0 Å². The highest BCUT2D eigenvalue weighted by molar-refractivity contribution is 5.98. The SMILES string of the molecule is CC(c1ccccc1)c1ccc2c(nc(-c3ccc(-c4ccccc4)cc3O)n2-c2ccccc2)c1-c1cccc(-c2ccccn2)c1. The van der Waals surface area contributed by atoms with E-state index in [0.717, 1.165) is 50.2 Å². The standard InChI is InChI=1S/C44H33N3O/c1-30(31-14-5-2-6-15-31)37-25-26-40-43(42(37)35-19-13-18-34(28-35)39-22-11-12-27-45-39)46-44(47(40)36-20-9-4-10-21-36)38-24-23-33(29-41(38)48)32-16-7-3-8-17-32/h2-30,48H,1H3. The molecule has 1 N–H and O–H groups in total. The molecule has 0 aliphatic carbocycles. The topological polar surface area (TPSA) is 50.9 Å². The van der Waals surface area contributed by atoms with Crippen LogP contribution < -0.4 is 0 Å². The van der Waals surface area contributed by atoms with Crippen LogP contribution in [0.5, 0.6) is 5.75 Å². The molecule has 2 heterocycles. The van der Waals surface area contributed by atoms with Crippen molar-refractivity contribution in [2.45, 2.75) is 12.8 Å². The van der Waals surface area contributed by atoms with Gasteiger partial charge in [-0.2, -0.15) is 0 Å². The predicted octanol–water partition coefficient (Wildman–Crippen LogP) is 10.9. The average molecular weight is 620 g/mol. The van der Waals surface area contributed by atoms with Gasteiger partial charge in [-0.15, -0.1) is 0 Å². The van der Waals surface area contributed by atoms with Gasteiger partial charge >= 0.3 is 0 Å². The molecule has 6 aromatic carbocycles. The number of hydrogen-bond donors (Lipinski definition) is 1. The Balaban J connectivity index is 1.40. The van der Waals surface area contributed by atoms with Crippen molar-refractivity contribution < 1.29 is 5.11 Å². The van der Waals surface area contributed by atoms with Gasteiger partial charge in [0.1, 0.15) is 11.6 Å². The summed E-state index contributed by atoms with van der Waals surface area (Å²) in [4.78, 5) is 10.1. The highest BCUT2D eigenvalue weighted by Crippen LogP contribution is 2.43. The highest BCUT2D eigenvalue weighted by atomic mass is 16.3. The molecule has 1 unspecified atom stereocenters. The summed E-state index contributed by atoms with van der Waals surface area (Å²) in [5, 5.41) is 11.6. The average Bonchev–Trinajstić information content (AvgIpc) is 3.55. The molecule has 4 nitrogen and oxygen atoms in total. The molecule has 0 aliphatic heterocycles. The fraction of sp³-hybridized carbons (Fsp3) is 0.0455. The number of pyridine rings is 1. The van der Waals surface area contributed by atoms with Crippen LogP contribution in [0, 0.1) is 0 Å². The van der Waals surface area contributed by atoms with Gasteiger partial charge in [0.05, 0.1) is 22.3 Å². The number of nitrogens with zero attached hydrogens (tertiary/aromatic N) is 3. The van der Waals surface area contributed by atoms with Gasteiger partial charge in [-0.25, -0.2) is 4.98 Å². The van der Waals surface area contributed by atoms with Crippen molar-refractivity contribution in [2.75, 3.05) is 0 Å². The maximum Gasteiger partial charge on any atom is 0.149 e. The van der Waals surface area contributed by atoms with E-state index < -0.39 is 0 Å². The van der Waals surface area contributed by atoms with E-state index in [2.05, 4.69) is 114 Å². The van der Waals surface area contributed by atoms with Gasteiger partial charge in [0, 0.05) is 28.9 Å². The Bertz CT molecular complexity index is 2350. The Hall–Kier alpha value is -6.26. The second kappa shape index (κ2) is 12.5. The first-order chi connectivity index (χ1) is 23.7. The van der Waals surface area contributed by atoms with E-state index in [1.54, 1.807) is 0 Å². The minimum absolute atomic E-state index is 0.105. The Labute approximate surface area is 280 Å². The molecule has 0 radical (unpaired) electrons. The van der Waals surface area contributed by atoms with E-state index >= 15 is 0 Å². The number of phenolic OH excluding ortho intramolecular Hbond substituents is 1. The van der Waals surface area contributed by atoms with Crippen LogP contribution in [0.15, 0.2) is 170 Å². The number of fused-ring (bicyclic) bond motifs is 1. The molecule has 2 aromatic heterocycles. The van der Waals surface area contributed by atoms with Crippen LogP contribution in [0.4, 0.5) is 0 Å². The Morgan fingerprint density at radius 2 is 1.27 bits per heavy atom. The molecule has 0 spiro atoms. The molecule has 230 valence electrons. The van der Waals surface area contributed by atoms with E-state index in [1.807, 2.05) is 72.9 Å². The number of benzene rings is 6. The third kappa shape index (κ3) is 5.33. The van der Waals surface area contributed by atoms with Crippen LogP contribution in [0.1, 0.15) is 24.0 Å². The number of rotatable bonds is 7. The van der Waals surface area contributed by atoms with Gasteiger partial charge in [-0.05, 0) is 76.3 Å². The number of para-hydroxylation sites is 1. The van der Waals surface area contributed by atoms with Crippen LogP contribution in [0.25, 0.3) is 61.6 Å². The third-order valence-electron chi connectivity index (χ3n) is 9.10. The Kier molecular flexibility index (Phi) is 7.60. The van der Waals surface area contributed by atoms with Crippen LogP contribution in [-0.2, 0) is 0 Å². The highest BCUT2D eigenvalue weighted by Gasteiger charge is 2.24. The summed E-state index contributed by atoms with van der Waals surface area (Å²) in [5.41, 5.74) is 12.0. The summed E-state index contributed by atoms with van der Waals surface area (Å²) < 4.78 is 2.16. The molecule has 0 amide bonds. The number of aromatic hydroxyl groups is 1. The van der Waals surface area contributed by atoms with Gasteiger partial charge in [0.2, 0.25) is 0 Å². The molecule has 0 saturated carbocycles. The second-order valence-corrected chi connectivity index (χ2v) is 12.0. The molecule has 0 aliphatic rings. The molecule has 48 heavy (non-hydrogen) atoms. The van der Waals surface area contributed by atoms with Crippen LogP contribution in [0.3, 0.4) is 0 Å². The second-order valence-electron chi connectivity index (χ2n) is 12.0. The van der Waals surface area contributed by atoms with Crippen molar-refractivity contribution >= 4 is 11.0 Å². The van der Waals surface area contributed by atoms with E-state index in [1.165, 1.54) is 11.1 Å². The van der Waals surface area contributed by atoms with E-state index in [-0.39, 0.29) is 11.7 Å². The molecule has 4 heteroatoms. The first kappa shape index (κ1) is 29.2. The maximum absolute atomic E-state index is 11.6. The van der Waals surface area contributed by atoms with Crippen LogP contribution in [0.2, 0.25) is 0 Å². The first-order valence-electron chi connectivity index (χ1n) is 16.2. The molecular formula is C44H33N3O. The maximum atomic E-state index is 11.6. The molecular weight excluding hydrogens is 587 g/mol. The molecule has 0 fully saturated rings. The number of imidazole rings is 1. The van der Waals surface area contributed by atoms with Crippen molar-refractivity contribution in [3.8, 4) is 56.3 Å². The van der Waals surface area contributed by atoms with Crippen molar-refractivity contribution in [1.29, 1.82) is 0 Å². The molecule has 0 bridgehead atoms. The summed E-state index contributed by atoms with van der Waals surface area (Å²) in [6, 6.07) is 55.8. The third-order valence-corrected chi connectivity index (χ3v) is 9.10. The summed E-state index contributed by atoms with van der Waals surface area (Å²) in [5.74, 6) is 0.966. The van der Waals surface area contributed by atoms with Crippen molar-refractivity contribution in [2.24, 2.45) is 0 Å². The smallest absolute Gasteiger partial charge is 0.149 e. The predicted molar refractivity (Wildman–Crippen MR) is 196 cm³/mol. The first-order valence-corrected chi connectivity index (χ1v) is 16.2. The zero-order valence-corrected chi connectivity index (χ0v) is 26.5. The zero-order valence-electron chi connectivity index (χ0n) is 26.5. The lowest BCUT2D eigenvalue weighted by atomic mass is 9.86. The molecule has 8 rings (SSSR count). The van der Waals surface area contributed by atoms with E-state index in [0.29, 0.717) is 11.4 Å². The van der Waals surface area contributed by atoms with Gasteiger partial charge < -0.3 is 5.11 Å². The molecule has 8 aromatic rings. The van der Waals surface area contributed by atoms with Crippen LogP contribution >= 0.6 is 0 Å². The minimum atomic E-state index is 0.105. The van der Waals surface area contributed by atoms with E-state index in [9.17, 15) is 5.11 Å². The monoisotopic (exact) mass is 619 g/mol. The lowest BCUT2D eigenvalue weighted by Gasteiger charge is -2.19. The fourth-order valence-electron chi connectivity index (χ4n) is 6.66. The van der Waals surface area contributed by atoms with Crippen molar-refractivity contribution in [3.05, 3.63) is 181 Å². The summed E-state index contributed by atoms with van der Waals surface area (Å²) in [7, 11) is 0. The largest absolute Gasteiger partial charge is 0.507 e. The Morgan fingerprint density at radius 1 is 0.583 bits per heavy atom. The van der Waals surface area contributed by atoms with Crippen LogP contribution in [-0.4, -0.2) is 19.6 Å². The lowest BCUT2D eigenvalue weighted by molar-refractivity contribution is 0.477. The summed E-state index contributed by atoms with van der Waals surface area (Å²) in [6.45, 7) is 2.26. The quantitative estimate of drug-likeness (QED) is 0.193. The zero-order chi connectivity index (χ0) is 32.5. The number of phenols is 1. The summed E-state index contributed by atoms with van der Waals surface area (Å²) >= 11 is 0. The summed E-state index contributed by atoms with van der Waals surface area (Å²) in [6.07, 6.45) is 1.83. The fourth-order valence-corrected chi connectivity index (χ4v) is 6.66. The van der Waals surface area contributed by atoms with E-state index in [4.69, 9.17) is 4.98 Å². The Morgan fingerprint density at radius 3 is 2.00 bits per heavy atom. The van der Waals surface area contributed by atoms with Gasteiger partial charge in [-0.3, -0.25) is 9.55 Å². The van der Waals surface area contributed by atoms with Gasteiger partial charge in [0.15, 0.2) is 0 Å². The minimum Gasteiger partial charge on any atom is -0.507 e. The van der Waals surface area contributed by atoms with Crippen molar-refractivity contribution in [3.63, 3.8) is 0 Å².